The van der Waals surface area contributed by atoms with E-state index in [0.717, 1.165) is 0 Å². The van der Waals surface area contributed by atoms with Gasteiger partial charge in [-0.1, -0.05) is 11.6 Å². The van der Waals surface area contributed by atoms with Gasteiger partial charge in [-0.05, 0) is 18.2 Å². The van der Waals surface area contributed by atoms with Crippen molar-refractivity contribution in [2.24, 2.45) is 5.73 Å². The van der Waals surface area contributed by atoms with Crippen LogP contribution < -0.4 is 10.5 Å². The summed E-state index contributed by atoms with van der Waals surface area (Å²) in [4.78, 5) is 11.3. The lowest BCUT2D eigenvalue weighted by atomic mass is 10.2. The number of benzene rings is 1. The Hall–Kier alpha value is -1.26. The van der Waals surface area contributed by atoms with Crippen molar-refractivity contribution in [2.45, 2.75) is 0 Å². The zero-order valence-corrected chi connectivity index (χ0v) is 8.38. The van der Waals surface area contributed by atoms with E-state index in [2.05, 4.69) is 4.74 Å². The fourth-order valence-electron chi connectivity index (χ4n) is 0.987. The van der Waals surface area contributed by atoms with E-state index in [0.29, 0.717) is 10.8 Å². The van der Waals surface area contributed by atoms with E-state index >= 15 is 0 Å². The summed E-state index contributed by atoms with van der Waals surface area (Å²) in [6, 6.07) is 4.65. The maximum Gasteiger partial charge on any atom is 0.341 e. The summed E-state index contributed by atoms with van der Waals surface area (Å²) in [7, 11) is 1.29. The molecule has 4 nitrogen and oxygen atoms in total. The number of hydrogen-bond acceptors (Lipinski definition) is 4. The van der Waals surface area contributed by atoms with Crippen LogP contribution in [-0.2, 0) is 4.74 Å². The van der Waals surface area contributed by atoms with Crippen molar-refractivity contribution < 1.29 is 14.3 Å². The summed E-state index contributed by atoms with van der Waals surface area (Å²) in [5, 5.41) is 0.440. The number of hydrogen-bond donors (Lipinski definition) is 1. The van der Waals surface area contributed by atoms with Gasteiger partial charge in [0.15, 0.2) is 0 Å². The number of methoxy groups -OCH3 is 1. The molecular formula is C9H10ClNO3. The fraction of sp³-hybridized carbons (Fsp3) is 0.222. The largest absolute Gasteiger partial charge is 0.478 e. The van der Waals surface area contributed by atoms with Gasteiger partial charge in [-0.15, -0.1) is 0 Å². The number of esters is 1. The lowest BCUT2D eigenvalue weighted by molar-refractivity contribution is 0.0596. The van der Waals surface area contributed by atoms with E-state index in [1.165, 1.54) is 13.2 Å². The zero-order chi connectivity index (χ0) is 10.6. The molecule has 0 fully saturated rings. The third-order valence-electron chi connectivity index (χ3n) is 1.59. The quantitative estimate of drug-likeness (QED) is 0.612. The standard InChI is InChI=1S/C9H10ClNO3/c1-13-9(12)7-4-6(10)2-3-8(7)14-5-11/h2-4H,5,11H2,1H3. The van der Waals surface area contributed by atoms with Gasteiger partial charge in [0.2, 0.25) is 0 Å². The summed E-state index contributed by atoms with van der Waals surface area (Å²) in [5.41, 5.74) is 5.47. The molecule has 76 valence electrons. The summed E-state index contributed by atoms with van der Waals surface area (Å²) in [6.07, 6.45) is 0. The van der Waals surface area contributed by atoms with Gasteiger partial charge in [0.05, 0.1) is 7.11 Å². The van der Waals surface area contributed by atoms with Gasteiger partial charge in [-0.25, -0.2) is 4.79 Å². The van der Waals surface area contributed by atoms with E-state index in [-0.39, 0.29) is 12.3 Å². The molecule has 0 aliphatic heterocycles. The molecule has 1 aromatic carbocycles. The maximum absolute atomic E-state index is 11.3. The van der Waals surface area contributed by atoms with Crippen molar-refractivity contribution in [3.05, 3.63) is 28.8 Å². The highest BCUT2D eigenvalue weighted by Crippen LogP contribution is 2.23. The molecule has 14 heavy (non-hydrogen) atoms. The number of carbonyl (C=O) groups is 1. The summed E-state index contributed by atoms with van der Waals surface area (Å²) in [6.45, 7) is -0.00831. The van der Waals surface area contributed by atoms with Crippen molar-refractivity contribution in [3.8, 4) is 5.75 Å². The Bertz CT molecular complexity index is 341. The second-order valence-corrected chi connectivity index (χ2v) is 2.88. The minimum Gasteiger partial charge on any atom is -0.478 e. The molecule has 0 spiro atoms. The number of carbonyl (C=O) groups excluding carboxylic acids is 1. The van der Waals surface area contributed by atoms with Gasteiger partial charge in [-0.2, -0.15) is 0 Å². The van der Waals surface area contributed by atoms with Crippen molar-refractivity contribution in [1.82, 2.24) is 0 Å². The molecule has 0 aliphatic rings. The van der Waals surface area contributed by atoms with E-state index < -0.39 is 5.97 Å². The molecular weight excluding hydrogens is 206 g/mol. The topological polar surface area (TPSA) is 61.5 Å². The molecule has 0 amide bonds. The fourth-order valence-corrected chi connectivity index (χ4v) is 1.16. The second kappa shape index (κ2) is 4.83. The number of nitrogens with two attached hydrogens (primary N) is 1. The number of rotatable bonds is 3. The molecule has 0 aromatic heterocycles. The Kier molecular flexibility index (Phi) is 3.73. The number of ether oxygens (including phenoxy) is 2. The highest BCUT2D eigenvalue weighted by Gasteiger charge is 2.13. The Labute approximate surface area is 86.6 Å². The molecule has 2 N–H and O–H groups in total. The van der Waals surface area contributed by atoms with Crippen molar-refractivity contribution in [3.63, 3.8) is 0 Å². The predicted octanol–water partition coefficient (Wildman–Crippen LogP) is 1.42. The van der Waals surface area contributed by atoms with Gasteiger partial charge in [0, 0.05) is 5.02 Å². The summed E-state index contributed by atoms with van der Waals surface area (Å²) in [5.74, 6) is -0.139. The van der Waals surface area contributed by atoms with Crippen LogP contribution in [0.4, 0.5) is 0 Å². The minimum absolute atomic E-state index is 0.00831. The summed E-state index contributed by atoms with van der Waals surface area (Å²) < 4.78 is 9.59. The van der Waals surface area contributed by atoms with E-state index in [1.807, 2.05) is 0 Å². The van der Waals surface area contributed by atoms with Crippen LogP contribution in [0.15, 0.2) is 18.2 Å². The Morgan fingerprint density at radius 3 is 2.86 bits per heavy atom. The first-order valence-corrected chi connectivity index (χ1v) is 4.27. The Balaban J connectivity index is 3.08. The van der Waals surface area contributed by atoms with E-state index in [4.69, 9.17) is 22.1 Å². The zero-order valence-electron chi connectivity index (χ0n) is 7.62. The number of halogens is 1. The molecule has 5 heteroatoms. The molecule has 0 radical (unpaired) electrons. The molecule has 1 rings (SSSR count). The van der Waals surface area contributed by atoms with Crippen molar-refractivity contribution in [1.29, 1.82) is 0 Å². The van der Waals surface area contributed by atoms with Crippen LogP contribution in [0, 0.1) is 0 Å². The highest BCUT2D eigenvalue weighted by atomic mass is 35.5. The SMILES string of the molecule is COC(=O)c1cc(Cl)ccc1OCN. The molecule has 1 aromatic rings. The van der Waals surface area contributed by atoms with Gasteiger partial charge >= 0.3 is 5.97 Å². The van der Waals surface area contributed by atoms with Gasteiger partial charge < -0.3 is 9.47 Å². The van der Waals surface area contributed by atoms with Crippen LogP contribution in [0.1, 0.15) is 10.4 Å². The van der Waals surface area contributed by atoms with Crippen molar-refractivity contribution in [2.75, 3.05) is 13.8 Å². The Morgan fingerprint density at radius 2 is 2.29 bits per heavy atom. The molecule has 0 bridgehead atoms. The minimum atomic E-state index is -0.504. The molecule has 0 aliphatic carbocycles. The van der Waals surface area contributed by atoms with Crippen LogP contribution >= 0.6 is 11.6 Å². The molecule has 0 heterocycles. The van der Waals surface area contributed by atoms with Gasteiger partial charge in [-0.3, -0.25) is 5.73 Å². The highest BCUT2D eigenvalue weighted by molar-refractivity contribution is 6.31. The van der Waals surface area contributed by atoms with Crippen LogP contribution in [0.25, 0.3) is 0 Å². The van der Waals surface area contributed by atoms with Crippen LogP contribution in [0.3, 0.4) is 0 Å². The second-order valence-electron chi connectivity index (χ2n) is 2.44. The first-order chi connectivity index (χ1) is 6.69. The first-order valence-electron chi connectivity index (χ1n) is 3.89. The smallest absolute Gasteiger partial charge is 0.341 e. The molecule has 0 atom stereocenters. The third-order valence-corrected chi connectivity index (χ3v) is 1.82. The van der Waals surface area contributed by atoms with Crippen molar-refractivity contribution >= 4 is 17.6 Å². The van der Waals surface area contributed by atoms with Gasteiger partial charge in [0.1, 0.15) is 18.0 Å². The summed E-state index contributed by atoms with van der Waals surface area (Å²) >= 11 is 5.72. The first kappa shape index (κ1) is 10.8. The van der Waals surface area contributed by atoms with E-state index in [9.17, 15) is 4.79 Å². The van der Waals surface area contributed by atoms with Crippen LogP contribution in [0.5, 0.6) is 5.75 Å². The average Bonchev–Trinajstić information content (AvgIpc) is 2.20. The van der Waals surface area contributed by atoms with E-state index in [1.54, 1.807) is 12.1 Å². The predicted molar refractivity (Wildman–Crippen MR) is 52.5 cm³/mol. The monoisotopic (exact) mass is 215 g/mol. The lowest BCUT2D eigenvalue weighted by Gasteiger charge is -2.08. The molecule has 0 unspecified atom stereocenters. The molecule has 0 saturated heterocycles. The third kappa shape index (κ3) is 2.37. The van der Waals surface area contributed by atoms with Crippen LogP contribution in [-0.4, -0.2) is 19.8 Å². The van der Waals surface area contributed by atoms with Crippen LogP contribution in [0.2, 0.25) is 5.02 Å². The average molecular weight is 216 g/mol. The normalized spacial score (nSPS) is 9.64. The maximum atomic E-state index is 11.3. The Morgan fingerprint density at radius 1 is 1.57 bits per heavy atom. The van der Waals surface area contributed by atoms with Gasteiger partial charge in [0.25, 0.3) is 0 Å². The lowest BCUT2D eigenvalue weighted by Crippen LogP contribution is -2.11. The molecule has 0 saturated carbocycles.